The molecule has 0 saturated heterocycles. The highest BCUT2D eigenvalue weighted by molar-refractivity contribution is 6.10. The molecule has 0 spiro atoms. The van der Waals surface area contributed by atoms with Crippen molar-refractivity contribution in [1.82, 2.24) is 0 Å². The molecule has 0 unspecified atom stereocenters. The number of pyridine rings is 1. The molecule has 106 valence electrons. The van der Waals surface area contributed by atoms with Gasteiger partial charge in [0.1, 0.15) is 18.5 Å². The molecule has 2 nitrogen and oxygen atoms in total. The zero-order valence-corrected chi connectivity index (χ0v) is 12.4. The van der Waals surface area contributed by atoms with Gasteiger partial charge >= 0.3 is 0 Å². The maximum atomic E-state index is 6.14. The van der Waals surface area contributed by atoms with Crippen LogP contribution in [0.1, 0.15) is 0 Å². The zero-order valence-electron chi connectivity index (χ0n) is 12.4. The second-order valence-corrected chi connectivity index (χ2v) is 5.44. The lowest BCUT2D eigenvalue weighted by atomic mass is 10.0. The molecule has 0 N–H and O–H groups in total. The van der Waals surface area contributed by atoms with Crippen LogP contribution in [-0.4, -0.2) is 0 Å². The van der Waals surface area contributed by atoms with E-state index in [9.17, 15) is 0 Å². The number of benzene rings is 3. The molecule has 1 aromatic heterocycles. The summed E-state index contributed by atoms with van der Waals surface area (Å²) in [6, 6.07) is 22.9. The van der Waals surface area contributed by atoms with Crippen molar-refractivity contribution >= 4 is 21.5 Å². The zero-order chi connectivity index (χ0) is 14.9. The fourth-order valence-corrected chi connectivity index (χ4v) is 2.79. The lowest BCUT2D eigenvalue weighted by Gasteiger charge is -2.11. The Labute approximate surface area is 129 Å². The average Bonchev–Trinajstić information content (AvgIpc) is 2.57. The van der Waals surface area contributed by atoms with Gasteiger partial charge in [-0.1, -0.05) is 48.5 Å². The molecular formula is C20H16NO+. The van der Waals surface area contributed by atoms with Crippen molar-refractivity contribution in [2.75, 3.05) is 0 Å². The van der Waals surface area contributed by atoms with Crippen molar-refractivity contribution in [2.45, 2.75) is 0 Å². The first-order chi connectivity index (χ1) is 10.8. The minimum absolute atomic E-state index is 0.846. The number of aromatic nitrogens is 1. The van der Waals surface area contributed by atoms with E-state index in [4.69, 9.17) is 4.74 Å². The summed E-state index contributed by atoms with van der Waals surface area (Å²) in [6.07, 6.45) is 3.97. The maximum absolute atomic E-state index is 6.14. The molecule has 0 amide bonds. The SMILES string of the molecule is C[n+]1ccc(Oc2cc3ccccc3c3ccccc23)cc1. The Bertz CT molecular complexity index is 958. The molecule has 0 radical (unpaired) electrons. The second-order valence-electron chi connectivity index (χ2n) is 5.44. The topological polar surface area (TPSA) is 13.1 Å². The van der Waals surface area contributed by atoms with E-state index in [1.165, 1.54) is 16.2 Å². The van der Waals surface area contributed by atoms with E-state index in [1.54, 1.807) is 0 Å². The number of hydrogen-bond acceptors (Lipinski definition) is 1. The third-order valence-corrected chi connectivity index (χ3v) is 3.91. The molecule has 2 heteroatoms. The van der Waals surface area contributed by atoms with Gasteiger partial charge in [-0.25, -0.2) is 4.57 Å². The van der Waals surface area contributed by atoms with Gasteiger partial charge in [0.25, 0.3) is 0 Å². The van der Waals surface area contributed by atoms with Crippen LogP contribution in [0, 0.1) is 0 Å². The summed E-state index contributed by atoms with van der Waals surface area (Å²) in [5.74, 6) is 1.74. The largest absolute Gasteiger partial charge is 0.456 e. The first-order valence-electron chi connectivity index (χ1n) is 7.35. The summed E-state index contributed by atoms with van der Waals surface area (Å²) in [4.78, 5) is 0. The number of hydrogen-bond donors (Lipinski definition) is 0. The van der Waals surface area contributed by atoms with Crippen molar-refractivity contribution in [1.29, 1.82) is 0 Å². The van der Waals surface area contributed by atoms with Crippen LogP contribution >= 0.6 is 0 Å². The van der Waals surface area contributed by atoms with Gasteiger partial charge in [0.05, 0.1) is 0 Å². The van der Waals surface area contributed by atoms with E-state index in [0.29, 0.717) is 0 Å². The van der Waals surface area contributed by atoms with Crippen molar-refractivity contribution < 1.29 is 9.30 Å². The Hall–Kier alpha value is -2.87. The molecule has 4 aromatic rings. The van der Waals surface area contributed by atoms with Gasteiger partial charge in [-0.2, -0.15) is 0 Å². The normalized spacial score (nSPS) is 11.0. The number of fused-ring (bicyclic) bond motifs is 3. The van der Waals surface area contributed by atoms with Gasteiger partial charge in [0.2, 0.25) is 0 Å². The van der Waals surface area contributed by atoms with E-state index in [1.807, 2.05) is 36.1 Å². The van der Waals surface area contributed by atoms with Gasteiger partial charge in [0, 0.05) is 17.5 Å². The third kappa shape index (κ3) is 2.19. The van der Waals surface area contributed by atoms with Crippen molar-refractivity contribution in [2.24, 2.45) is 7.05 Å². The van der Waals surface area contributed by atoms with Crippen LogP contribution in [0.3, 0.4) is 0 Å². The highest BCUT2D eigenvalue weighted by Crippen LogP contribution is 2.35. The number of rotatable bonds is 2. The fourth-order valence-electron chi connectivity index (χ4n) is 2.79. The number of nitrogens with zero attached hydrogens (tertiary/aromatic N) is 1. The minimum atomic E-state index is 0.846. The highest BCUT2D eigenvalue weighted by atomic mass is 16.5. The molecule has 0 saturated carbocycles. The molecule has 22 heavy (non-hydrogen) atoms. The molecule has 0 aliphatic heterocycles. The van der Waals surface area contributed by atoms with Crippen molar-refractivity contribution in [3.63, 3.8) is 0 Å². The van der Waals surface area contributed by atoms with Gasteiger partial charge in [0.15, 0.2) is 12.4 Å². The summed E-state index contributed by atoms with van der Waals surface area (Å²) in [7, 11) is 2.00. The van der Waals surface area contributed by atoms with Gasteiger partial charge in [-0.3, -0.25) is 0 Å². The van der Waals surface area contributed by atoms with Crippen LogP contribution in [0.5, 0.6) is 11.5 Å². The lowest BCUT2D eigenvalue weighted by Crippen LogP contribution is -2.25. The van der Waals surface area contributed by atoms with Crippen LogP contribution in [0.25, 0.3) is 21.5 Å². The van der Waals surface area contributed by atoms with Crippen LogP contribution in [0.15, 0.2) is 79.1 Å². The van der Waals surface area contributed by atoms with Gasteiger partial charge in [-0.15, -0.1) is 0 Å². The molecular weight excluding hydrogens is 270 g/mol. The van der Waals surface area contributed by atoms with E-state index in [0.717, 1.165) is 16.9 Å². The van der Waals surface area contributed by atoms with E-state index in [-0.39, 0.29) is 0 Å². The Morgan fingerprint density at radius 1 is 0.727 bits per heavy atom. The van der Waals surface area contributed by atoms with E-state index >= 15 is 0 Å². The Morgan fingerprint density at radius 2 is 1.36 bits per heavy atom. The van der Waals surface area contributed by atoms with Crippen molar-refractivity contribution in [3.05, 3.63) is 79.1 Å². The first-order valence-corrected chi connectivity index (χ1v) is 7.35. The maximum Gasteiger partial charge on any atom is 0.172 e. The molecule has 0 atom stereocenters. The molecule has 0 fully saturated rings. The smallest absolute Gasteiger partial charge is 0.172 e. The minimum Gasteiger partial charge on any atom is -0.456 e. The monoisotopic (exact) mass is 286 g/mol. The van der Waals surface area contributed by atoms with E-state index < -0.39 is 0 Å². The Balaban J connectivity index is 1.93. The van der Waals surface area contributed by atoms with Gasteiger partial charge in [-0.05, 0) is 22.2 Å². The van der Waals surface area contributed by atoms with Gasteiger partial charge < -0.3 is 4.74 Å². The summed E-state index contributed by atoms with van der Waals surface area (Å²) in [5, 5.41) is 4.80. The van der Waals surface area contributed by atoms with E-state index in [2.05, 4.69) is 54.6 Å². The molecule has 0 bridgehead atoms. The quantitative estimate of drug-likeness (QED) is 0.387. The molecule has 1 heterocycles. The molecule has 4 rings (SSSR count). The Morgan fingerprint density at radius 3 is 2.14 bits per heavy atom. The lowest BCUT2D eigenvalue weighted by molar-refractivity contribution is -0.671. The fraction of sp³-hybridized carbons (Fsp3) is 0.0500. The number of ether oxygens (including phenoxy) is 1. The van der Waals surface area contributed by atoms with Crippen LogP contribution in [-0.2, 0) is 7.05 Å². The molecule has 0 aliphatic rings. The van der Waals surface area contributed by atoms with Crippen LogP contribution < -0.4 is 9.30 Å². The van der Waals surface area contributed by atoms with Crippen molar-refractivity contribution in [3.8, 4) is 11.5 Å². The Kier molecular flexibility index (Phi) is 3.01. The summed E-state index contributed by atoms with van der Waals surface area (Å²) in [5.41, 5.74) is 0. The standard InChI is InChI=1S/C20H16NO/c1-21-12-10-16(11-13-21)22-20-14-15-6-2-3-7-17(15)18-8-4-5-9-19(18)20/h2-14H,1H3/q+1. The first kappa shape index (κ1) is 12.8. The summed E-state index contributed by atoms with van der Waals surface area (Å²) < 4.78 is 8.13. The predicted octanol–water partition coefficient (Wildman–Crippen LogP) is 4.61. The second kappa shape index (κ2) is 5.15. The molecule has 0 aliphatic carbocycles. The predicted molar refractivity (Wildman–Crippen MR) is 89.1 cm³/mol. The van der Waals surface area contributed by atoms with Crippen LogP contribution in [0.4, 0.5) is 0 Å². The highest BCUT2D eigenvalue weighted by Gasteiger charge is 2.08. The number of aryl methyl sites for hydroxylation is 1. The third-order valence-electron chi connectivity index (χ3n) is 3.91. The summed E-state index contributed by atoms with van der Waals surface area (Å²) >= 11 is 0. The summed E-state index contributed by atoms with van der Waals surface area (Å²) in [6.45, 7) is 0. The average molecular weight is 286 g/mol. The van der Waals surface area contributed by atoms with Crippen LogP contribution in [0.2, 0.25) is 0 Å². The molecule has 3 aromatic carbocycles.